The zero-order valence-electron chi connectivity index (χ0n) is 9.61. The predicted molar refractivity (Wildman–Crippen MR) is 67.4 cm³/mol. The van der Waals surface area contributed by atoms with Gasteiger partial charge >= 0.3 is 0 Å². The molecule has 1 unspecified atom stereocenters. The van der Waals surface area contributed by atoms with Crippen LogP contribution in [0.2, 0.25) is 0 Å². The topological polar surface area (TPSA) is 38.2 Å². The summed E-state index contributed by atoms with van der Waals surface area (Å²) >= 11 is 3.53. The lowest BCUT2D eigenvalue weighted by atomic mass is 10.2. The first kappa shape index (κ1) is 11.6. The minimum Gasteiger partial charge on any atom is -0.481 e. The van der Waals surface area contributed by atoms with Crippen LogP contribution < -0.4 is 9.64 Å². The highest BCUT2D eigenvalue weighted by Gasteiger charge is 2.23. The van der Waals surface area contributed by atoms with Crippen molar-refractivity contribution in [1.82, 2.24) is 9.97 Å². The van der Waals surface area contributed by atoms with Gasteiger partial charge in [0, 0.05) is 24.5 Å². The van der Waals surface area contributed by atoms with Gasteiger partial charge in [-0.05, 0) is 19.3 Å². The summed E-state index contributed by atoms with van der Waals surface area (Å²) in [6.45, 7) is 4.02. The van der Waals surface area contributed by atoms with Crippen LogP contribution in [-0.2, 0) is 0 Å². The van der Waals surface area contributed by atoms with Crippen LogP contribution >= 0.6 is 15.9 Å². The monoisotopic (exact) mass is 285 g/mol. The quantitative estimate of drug-likeness (QED) is 0.797. The molecule has 5 heteroatoms. The number of alkyl halides is 1. The fraction of sp³-hybridized carbons (Fsp3) is 0.636. The maximum absolute atomic E-state index is 5.16. The van der Waals surface area contributed by atoms with E-state index in [1.54, 1.807) is 7.11 Å². The first-order chi connectivity index (χ1) is 7.72. The lowest BCUT2D eigenvalue weighted by molar-refractivity contribution is 0.395. The Labute approximate surface area is 104 Å². The second-order valence-corrected chi connectivity index (χ2v) is 4.72. The van der Waals surface area contributed by atoms with Crippen molar-refractivity contribution in [2.24, 2.45) is 5.92 Å². The summed E-state index contributed by atoms with van der Waals surface area (Å²) in [5.41, 5.74) is 0. The number of aromatic nitrogens is 2. The minimum atomic E-state index is 0.643. The van der Waals surface area contributed by atoms with Crippen molar-refractivity contribution >= 4 is 21.7 Å². The Balaban J connectivity index is 2.17. The number of halogens is 1. The fourth-order valence-corrected chi connectivity index (χ4v) is 2.49. The van der Waals surface area contributed by atoms with Crippen LogP contribution in [0.1, 0.15) is 12.2 Å². The molecule has 1 aromatic heterocycles. The van der Waals surface area contributed by atoms with Gasteiger partial charge in [0.1, 0.15) is 11.6 Å². The molecule has 0 saturated carbocycles. The summed E-state index contributed by atoms with van der Waals surface area (Å²) in [4.78, 5) is 10.9. The van der Waals surface area contributed by atoms with Gasteiger partial charge in [-0.3, -0.25) is 0 Å². The third kappa shape index (κ3) is 2.45. The Hall–Kier alpha value is -0.840. The standard InChI is InChI=1S/C11H16BrN3O/c1-8-13-10(5-11(14-8)16-2)15-4-3-9(6-12)7-15/h5,9H,3-4,6-7H2,1-2H3. The molecule has 1 saturated heterocycles. The Kier molecular flexibility index (Phi) is 3.63. The molecule has 0 aliphatic carbocycles. The van der Waals surface area contributed by atoms with Crippen LogP contribution in [0.15, 0.2) is 6.07 Å². The van der Waals surface area contributed by atoms with Crippen molar-refractivity contribution in [3.05, 3.63) is 11.9 Å². The fourth-order valence-electron chi connectivity index (χ4n) is 1.96. The van der Waals surface area contributed by atoms with E-state index in [0.29, 0.717) is 5.88 Å². The average molecular weight is 286 g/mol. The van der Waals surface area contributed by atoms with Crippen molar-refractivity contribution in [2.75, 3.05) is 30.4 Å². The Morgan fingerprint density at radius 1 is 1.56 bits per heavy atom. The third-order valence-electron chi connectivity index (χ3n) is 2.84. The Morgan fingerprint density at radius 3 is 3.00 bits per heavy atom. The highest BCUT2D eigenvalue weighted by Crippen LogP contribution is 2.25. The van der Waals surface area contributed by atoms with E-state index >= 15 is 0 Å². The summed E-state index contributed by atoms with van der Waals surface area (Å²) in [6, 6.07) is 1.91. The first-order valence-corrected chi connectivity index (χ1v) is 6.55. The molecule has 0 radical (unpaired) electrons. The van der Waals surface area contributed by atoms with Crippen LogP contribution in [0.25, 0.3) is 0 Å². The number of hydrogen-bond donors (Lipinski definition) is 0. The van der Waals surface area contributed by atoms with Crippen molar-refractivity contribution in [2.45, 2.75) is 13.3 Å². The number of anilines is 1. The molecule has 2 heterocycles. The van der Waals surface area contributed by atoms with E-state index < -0.39 is 0 Å². The van der Waals surface area contributed by atoms with E-state index in [1.165, 1.54) is 6.42 Å². The van der Waals surface area contributed by atoms with Crippen LogP contribution in [0.3, 0.4) is 0 Å². The number of ether oxygens (including phenoxy) is 1. The van der Waals surface area contributed by atoms with Gasteiger partial charge in [-0.15, -0.1) is 0 Å². The number of rotatable bonds is 3. The highest BCUT2D eigenvalue weighted by molar-refractivity contribution is 9.09. The van der Waals surface area contributed by atoms with Gasteiger partial charge in [0.25, 0.3) is 0 Å². The Bertz CT molecular complexity index is 372. The van der Waals surface area contributed by atoms with E-state index in [-0.39, 0.29) is 0 Å². The van der Waals surface area contributed by atoms with Gasteiger partial charge in [-0.2, -0.15) is 4.98 Å². The summed E-state index contributed by atoms with van der Waals surface area (Å²) in [5, 5.41) is 1.06. The van der Waals surface area contributed by atoms with Gasteiger partial charge in [0.15, 0.2) is 0 Å². The van der Waals surface area contributed by atoms with Crippen molar-refractivity contribution in [3.8, 4) is 5.88 Å². The molecule has 16 heavy (non-hydrogen) atoms. The molecule has 1 atom stereocenters. The van der Waals surface area contributed by atoms with Crippen LogP contribution in [-0.4, -0.2) is 35.5 Å². The van der Waals surface area contributed by atoms with Crippen molar-refractivity contribution < 1.29 is 4.74 Å². The van der Waals surface area contributed by atoms with Crippen molar-refractivity contribution in [3.63, 3.8) is 0 Å². The van der Waals surface area contributed by atoms with Crippen LogP contribution in [0.5, 0.6) is 5.88 Å². The molecule has 4 nitrogen and oxygen atoms in total. The lowest BCUT2D eigenvalue weighted by Gasteiger charge is -2.17. The second-order valence-electron chi connectivity index (χ2n) is 4.07. The van der Waals surface area contributed by atoms with E-state index in [4.69, 9.17) is 4.74 Å². The lowest BCUT2D eigenvalue weighted by Crippen LogP contribution is -2.21. The molecule has 0 amide bonds. The minimum absolute atomic E-state index is 0.643. The van der Waals surface area contributed by atoms with Gasteiger partial charge in [0.2, 0.25) is 5.88 Å². The number of nitrogens with zero attached hydrogens (tertiary/aromatic N) is 3. The normalized spacial score (nSPS) is 20.2. The van der Waals surface area contributed by atoms with Crippen LogP contribution in [0.4, 0.5) is 5.82 Å². The summed E-state index contributed by atoms with van der Waals surface area (Å²) < 4.78 is 5.16. The molecule has 0 aromatic carbocycles. The molecule has 0 spiro atoms. The third-order valence-corrected chi connectivity index (χ3v) is 3.75. The zero-order chi connectivity index (χ0) is 11.5. The molecule has 1 aromatic rings. The molecule has 1 aliphatic heterocycles. The number of aryl methyl sites for hydroxylation is 1. The van der Waals surface area contributed by atoms with Gasteiger partial charge in [-0.25, -0.2) is 4.98 Å². The smallest absolute Gasteiger partial charge is 0.218 e. The summed E-state index contributed by atoms with van der Waals surface area (Å²) in [6.07, 6.45) is 1.22. The number of hydrogen-bond acceptors (Lipinski definition) is 4. The van der Waals surface area contributed by atoms with Gasteiger partial charge in [0.05, 0.1) is 7.11 Å². The molecule has 88 valence electrons. The molecule has 2 rings (SSSR count). The van der Waals surface area contributed by atoms with E-state index in [1.807, 2.05) is 13.0 Å². The molecule has 1 aliphatic rings. The predicted octanol–water partition coefficient (Wildman–Crippen LogP) is 2.01. The average Bonchev–Trinajstić information content (AvgIpc) is 2.76. The molecular weight excluding hydrogens is 270 g/mol. The van der Waals surface area contributed by atoms with Crippen molar-refractivity contribution in [1.29, 1.82) is 0 Å². The zero-order valence-corrected chi connectivity index (χ0v) is 11.2. The maximum atomic E-state index is 5.16. The van der Waals surface area contributed by atoms with Gasteiger partial charge < -0.3 is 9.64 Å². The molecular formula is C11H16BrN3O. The highest BCUT2D eigenvalue weighted by atomic mass is 79.9. The molecule has 0 N–H and O–H groups in total. The summed E-state index contributed by atoms with van der Waals surface area (Å²) in [7, 11) is 1.64. The SMILES string of the molecule is COc1cc(N2CCC(CBr)C2)nc(C)n1. The molecule has 0 bridgehead atoms. The Morgan fingerprint density at radius 2 is 2.38 bits per heavy atom. The number of methoxy groups -OCH3 is 1. The molecule has 1 fully saturated rings. The van der Waals surface area contributed by atoms with Gasteiger partial charge in [-0.1, -0.05) is 15.9 Å². The second kappa shape index (κ2) is 4.99. The van der Waals surface area contributed by atoms with E-state index in [0.717, 1.165) is 36.0 Å². The maximum Gasteiger partial charge on any atom is 0.218 e. The first-order valence-electron chi connectivity index (χ1n) is 5.43. The largest absolute Gasteiger partial charge is 0.481 e. The van der Waals surface area contributed by atoms with E-state index in [2.05, 4.69) is 30.8 Å². The van der Waals surface area contributed by atoms with E-state index in [9.17, 15) is 0 Å². The van der Waals surface area contributed by atoms with Crippen LogP contribution in [0, 0.1) is 12.8 Å². The summed E-state index contributed by atoms with van der Waals surface area (Å²) in [5.74, 6) is 3.11.